The monoisotopic (exact) mass is 271 g/mol. The van der Waals surface area contributed by atoms with Gasteiger partial charge in [-0.3, -0.25) is 0 Å². The zero-order chi connectivity index (χ0) is 14.1. The van der Waals surface area contributed by atoms with Crippen LogP contribution in [0.2, 0.25) is 0 Å². The first-order valence-electron chi connectivity index (χ1n) is 7.45. The minimum atomic E-state index is 1.12. The van der Waals surface area contributed by atoms with Crippen molar-refractivity contribution in [1.82, 2.24) is 0 Å². The molecule has 0 fully saturated rings. The van der Waals surface area contributed by atoms with E-state index in [4.69, 9.17) is 0 Å². The third-order valence-corrected chi connectivity index (χ3v) is 4.10. The predicted molar refractivity (Wildman–Crippen MR) is 91.0 cm³/mol. The van der Waals surface area contributed by atoms with Gasteiger partial charge in [-0.2, -0.15) is 0 Å². The van der Waals surface area contributed by atoms with Gasteiger partial charge in [0.05, 0.1) is 0 Å². The molecule has 0 aliphatic heterocycles. The Morgan fingerprint density at radius 3 is 2.57 bits per heavy atom. The normalized spacial score (nSPS) is 13.1. The molecule has 21 heavy (non-hydrogen) atoms. The minimum absolute atomic E-state index is 1.12. The largest absolute Gasteiger partial charge is 0.355 e. The Hall–Kier alpha value is -2.54. The van der Waals surface area contributed by atoms with Crippen LogP contribution >= 0.6 is 0 Å². The second kappa shape index (κ2) is 5.10. The second-order valence-corrected chi connectivity index (χ2v) is 5.47. The van der Waals surface area contributed by atoms with Crippen molar-refractivity contribution in [1.29, 1.82) is 0 Å². The molecule has 0 amide bonds. The number of allylic oxidation sites excluding steroid dienone is 1. The van der Waals surface area contributed by atoms with E-state index < -0.39 is 0 Å². The fourth-order valence-corrected chi connectivity index (χ4v) is 3.11. The Labute approximate surface area is 124 Å². The van der Waals surface area contributed by atoms with Crippen LogP contribution in [-0.2, 0) is 6.42 Å². The van der Waals surface area contributed by atoms with Crippen LogP contribution in [0.5, 0.6) is 0 Å². The number of fused-ring (bicyclic) bond motifs is 3. The highest BCUT2D eigenvalue weighted by molar-refractivity contribution is 5.95. The molecule has 4 rings (SSSR count). The number of nitrogens with one attached hydrogen (secondary N) is 1. The van der Waals surface area contributed by atoms with E-state index in [0.29, 0.717) is 0 Å². The topological polar surface area (TPSA) is 12.0 Å². The molecule has 3 aromatic rings. The van der Waals surface area contributed by atoms with Crippen molar-refractivity contribution < 1.29 is 0 Å². The Kier molecular flexibility index (Phi) is 2.97. The summed E-state index contributed by atoms with van der Waals surface area (Å²) in [5.41, 5.74) is 5.14. The third kappa shape index (κ3) is 2.21. The van der Waals surface area contributed by atoms with Gasteiger partial charge >= 0.3 is 0 Å². The second-order valence-electron chi connectivity index (χ2n) is 5.47. The van der Waals surface area contributed by atoms with E-state index in [-0.39, 0.29) is 0 Å². The standard InChI is InChI=1S/C20H17N/c1-2-9-16(10-3-1)21-20-14-15-8-4-5-11-17(15)18-12-6-7-13-19(18)20/h1-5,7-11,13-14,21H,6,12H2. The Bertz CT molecular complexity index is 816. The summed E-state index contributed by atoms with van der Waals surface area (Å²) in [5.74, 6) is 0. The lowest BCUT2D eigenvalue weighted by atomic mass is 9.90. The van der Waals surface area contributed by atoms with Crippen LogP contribution in [0.3, 0.4) is 0 Å². The van der Waals surface area contributed by atoms with E-state index >= 15 is 0 Å². The number of benzene rings is 3. The molecule has 0 unspecified atom stereocenters. The van der Waals surface area contributed by atoms with E-state index in [1.54, 1.807) is 0 Å². The fourth-order valence-electron chi connectivity index (χ4n) is 3.11. The quantitative estimate of drug-likeness (QED) is 0.645. The van der Waals surface area contributed by atoms with Gasteiger partial charge in [0.25, 0.3) is 0 Å². The Balaban J connectivity index is 1.91. The van der Waals surface area contributed by atoms with Crippen LogP contribution in [0.15, 0.2) is 66.7 Å². The van der Waals surface area contributed by atoms with E-state index in [9.17, 15) is 0 Å². The van der Waals surface area contributed by atoms with Gasteiger partial charge in [-0.25, -0.2) is 0 Å². The molecule has 3 aromatic carbocycles. The van der Waals surface area contributed by atoms with Crippen molar-refractivity contribution in [2.75, 3.05) is 5.32 Å². The van der Waals surface area contributed by atoms with Crippen molar-refractivity contribution >= 4 is 28.2 Å². The average molecular weight is 271 g/mol. The summed E-state index contributed by atoms with van der Waals surface area (Å²) in [6.07, 6.45) is 6.78. The molecule has 102 valence electrons. The van der Waals surface area contributed by atoms with Gasteiger partial charge in [-0.15, -0.1) is 0 Å². The zero-order valence-corrected chi connectivity index (χ0v) is 11.8. The summed E-state index contributed by atoms with van der Waals surface area (Å²) < 4.78 is 0. The van der Waals surface area contributed by atoms with Crippen LogP contribution in [0, 0.1) is 0 Å². The summed E-state index contributed by atoms with van der Waals surface area (Å²) in [6, 6.07) is 21.3. The van der Waals surface area contributed by atoms with E-state index in [2.05, 4.69) is 72.1 Å². The maximum atomic E-state index is 3.57. The molecule has 0 atom stereocenters. The molecule has 1 nitrogen and oxygen atoms in total. The maximum Gasteiger partial charge on any atom is 0.0466 e. The fraction of sp³-hybridized carbons (Fsp3) is 0.100. The van der Waals surface area contributed by atoms with Gasteiger partial charge in [0.15, 0.2) is 0 Å². The highest BCUT2D eigenvalue weighted by atomic mass is 14.9. The number of aryl methyl sites for hydroxylation is 1. The van der Waals surface area contributed by atoms with Gasteiger partial charge in [0, 0.05) is 16.9 Å². The molecule has 1 aliphatic rings. The molecular formula is C20H17N. The lowest BCUT2D eigenvalue weighted by Gasteiger charge is -2.19. The number of hydrogen-bond donors (Lipinski definition) is 1. The van der Waals surface area contributed by atoms with Gasteiger partial charge in [0.2, 0.25) is 0 Å². The summed E-state index contributed by atoms with van der Waals surface area (Å²) in [6.45, 7) is 0. The van der Waals surface area contributed by atoms with Crippen LogP contribution in [-0.4, -0.2) is 0 Å². The number of anilines is 2. The summed E-state index contributed by atoms with van der Waals surface area (Å²) >= 11 is 0. The summed E-state index contributed by atoms with van der Waals surface area (Å²) in [7, 11) is 0. The molecule has 1 aliphatic carbocycles. The Morgan fingerprint density at radius 1 is 0.857 bits per heavy atom. The molecule has 0 spiro atoms. The number of rotatable bonds is 2. The van der Waals surface area contributed by atoms with E-state index in [1.165, 1.54) is 27.6 Å². The van der Waals surface area contributed by atoms with Crippen molar-refractivity contribution in [3.8, 4) is 0 Å². The van der Waals surface area contributed by atoms with E-state index in [0.717, 1.165) is 18.5 Å². The maximum absolute atomic E-state index is 3.57. The average Bonchev–Trinajstić information content (AvgIpc) is 2.56. The van der Waals surface area contributed by atoms with Gasteiger partial charge in [-0.1, -0.05) is 54.6 Å². The molecule has 0 heterocycles. The van der Waals surface area contributed by atoms with Crippen molar-refractivity contribution in [3.63, 3.8) is 0 Å². The summed E-state index contributed by atoms with van der Waals surface area (Å²) in [5, 5.41) is 6.27. The SMILES string of the molecule is C1=Cc2c(Nc3ccccc3)cc3ccccc3c2CC1. The smallest absolute Gasteiger partial charge is 0.0466 e. The first-order valence-corrected chi connectivity index (χ1v) is 7.45. The van der Waals surface area contributed by atoms with Gasteiger partial charge < -0.3 is 5.32 Å². The summed E-state index contributed by atoms with van der Waals surface area (Å²) in [4.78, 5) is 0. The molecule has 0 aromatic heterocycles. The lowest BCUT2D eigenvalue weighted by molar-refractivity contribution is 0.998. The zero-order valence-electron chi connectivity index (χ0n) is 11.8. The molecule has 0 bridgehead atoms. The molecule has 0 saturated carbocycles. The molecule has 0 radical (unpaired) electrons. The molecular weight excluding hydrogens is 254 g/mol. The van der Waals surface area contributed by atoms with E-state index in [1.807, 2.05) is 6.07 Å². The van der Waals surface area contributed by atoms with Gasteiger partial charge in [-0.05, 0) is 47.4 Å². The van der Waals surface area contributed by atoms with Crippen LogP contribution in [0.25, 0.3) is 16.8 Å². The highest BCUT2D eigenvalue weighted by Crippen LogP contribution is 2.35. The lowest BCUT2D eigenvalue weighted by Crippen LogP contribution is -2.01. The predicted octanol–water partition coefficient (Wildman–Crippen LogP) is 5.54. The molecule has 1 N–H and O–H groups in total. The van der Waals surface area contributed by atoms with Crippen LogP contribution in [0.1, 0.15) is 17.5 Å². The van der Waals surface area contributed by atoms with Crippen LogP contribution < -0.4 is 5.32 Å². The molecule has 1 heteroatoms. The molecule has 0 saturated heterocycles. The Morgan fingerprint density at radius 2 is 1.67 bits per heavy atom. The van der Waals surface area contributed by atoms with Crippen molar-refractivity contribution in [2.45, 2.75) is 12.8 Å². The number of para-hydroxylation sites is 1. The minimum Gasteiger partial charge on any atom is -0.355 e. The first-order chi connectivity index (χ1) is 10.4. The van der Waals surface area contributed by atoms with Crippen molar-refractivity contribution in [2.24, 2.45) is 0 Å². The highest BCUT2D eigenvalue weighted by Gasteiger charge is 2.13. The first kappa shape index (κ1) is 12.2. The van der Waals surface area contributed by atoms with Gasteiger partial charge in [0.1, 0.15) is 0 Å². The number of hydrogen-bond acceptors (Lipinski definition) is 1. The van der Waals surface area contributed by atoms with Crippen molar-refractivity contribution in [3.05, 3.63) is 77.9 Å². The van der Waals surface area contributed by atoms with Crippen LogP contribution in [0.4, 0.5) is 11.4 Å². The third-order valence-electron chi connectivity index (χ3n) is 4.10.